The second kappa shape index (κ2) is 37.8. The summed E-state index contributed by atoms with van der Waals surface area (Å²) < 4.78 is 22.8. The van der Waals surface area contributed by atoms with Crippen LogP contribution in [0.5, 0.6) is 0 Å². The Morgan fingerprint density at radius 2 is 0.967 bits per heavy atom. The first kappa shape index (κ1) is 58.3. The maximum absolute atomic E-state index is 13.8. The molecule has 0 saturated heterocycles. The fourth-order valence-electron chi connectivity index (χ4n) is 7.14. The van der Waals surface area contributed by atoms with Crippen molar-refractivity contribution in [3.8, 4) is 0 Å². The lowest BCUT2D eigenvalue weighted by Gasteiger charge is -2.29. The molecule has 0 aliphatic carbocycles. The Kier molecular flexibility index (Phi) is 36.1. The highest BCUT2D eigenvalue weighted by Gasteiger charge is 2.35. The Morgan fingerprint density at radius 1 is 0.557 bits per heavy atom. The molecule has 0 aliphatic heterocycles. The zero-order valence-corrected chi connectivity index (χ0v) is 40.3. The number of carbonyl (C=O) groups is 5. The average Bonchev–Trinajstić information content (AvgIpc) is 3.23. The summed E-state index contributed by atoms with van der Waals surface area (Å²) in [5.74, 6) is -2.95. The first-order valence-corrected chi connectivity index (χ1v) is 24.5. The van der Waals surface area contributed by atoms with E-state index in [1.165, 1.54) is 38.5 Å². The maximum atomic E-state index is 13.8. The van der Waals surface area contributed by atoms with Gasteiger partial charge < -0.3 is 34.3 Å². The van der Waals surface area contributed by atoms with Gasteiger partial charge in [0.05, 0.1) is 31.3 Å². The molecule has 12 heteroatoms. The second-order valence-corrected chi connectivity index (χ2v) is 18.2. The van der Waals surface area contributed by atoms with Gasteiger partial charge in [-0.1, -0.05) is 170 Å². The summed E-state index contributed by atoms with van der Waals surface area (Å²) in [7, 11) is 3.69. The Morgan fingerprint density at radius 3 is 1.44 bits per heavy atom. The van der Waals surface area contributed by atoms with Gasteiger partial charge in [0.2, 0.25) is 5.91 Å². The molecule has 3 unspecified atom stereocenters. The van der Waals surface area contributed by atoms with E-state index in [1.54, 1.807) is 13.8 Å². The quantitative estimate of drug-likeness (QED) is 0.0342. The van der Waals surface area contributed by atoms with Crippen molar-refractivity contribution in [2.45, 2.75) is 221 Å². The topological polar surface area (TPSA) is 158 Å². The minimum atomic E-state index is -1.49. The molecule has 0 fully saturated rings. The van der Waals surface area contributed by atoms with Gasteiger partial charge in [-0.2, -0.15) is 0 Å². The monoisotopic (exact) mass is 869 g/mol. The third-order valence-corrected chi connectivity index (χ3v) is 11.4. The molecule has 12 nitrogen and oxygen atoms in total. The standard InChI is InChI=1S/C49H92N2O10/c1-9-13-17-21-23-27-30-40(29-25-19-15-11-3)47(56)59-38-42(61-48(57)41(31-26-20-16-12-4)32-28-24-22-18-14-10-2)37-58-43(52)33-35-50-46(55)45(54)49(5,6)39-60-44(53)34-36-51(7)8/h40-42,45,54H,9-39H2,1-8H3,(H,50,55)/t40?,41?,42?,45-/m0/s1. The number of amides is 1. The number of esters is 4. The van der Waals surface area contributed by atoms with E-state index in [0.29, 0.717) is 6.54 Å². The number of ether oxygens (including phenoxy) is 4. The van der Waals surface area contributed by atoms with Gasteiger partial charge in [-0.3, -0.25) is 24.0 Å². The van der Waals surface area contributed by atoms with E-state index in [4.69, 9.17) is 18.9 Å². The molecule has 0 saturated carbocycles. The summed E-state index contributed by atoms with van der Waals surface area (Å²) in [6.45, 7) is 11.7. The van der Waals surface area contributed by atoms with Crippen LogP contribution in [-0.4, -0.2) is 99.0 Å². The first-order chi connectivity index (χ1) is 29.2. The third-order valence-electron chi connectivity index (χ3n) is 11.4. The zero-order chi connectivity index (χ0) is 45.7. The summed E-state index contributed by atoms with van der Waals surface area (Å²) >= 11 is 0. The molecule has 0 aliphatic rings. The van der Waals surface area contributed by atoms with Crippen molar-refractivity contribution < 1.29 is 48.0 Å². The second-order valence-electron chi connectivity index (χ2n) is 18.2. The van der Waals surface area contributed by atoms with E-state index in [2.05, 4.69) is 33.0 Å². The van der Waals surface area contributed by atoms with Gasteiger partial charge in [0.1, 0.15) is 19.3 Å². The summed E-state index contributed by atoms with van der Waals surface area (Å²) in [5, 5.41) is 13.3. The maximum Gasteiger partial charge on any atom is 0.309 e. The van der Waals surface area contributed by atoms with Crippen molar-refractivity contribution in [3.63, 3.8) is 0 Å². The number of hydrogen-bond donors (Lipinski definition) is 2. The normalized spacial score (nSPS) is 13.6. The summed E-state index contributed by atoms with van der Waals surface area (Å²) in [5.41, 5.74) is -1.07. The van der Waals surface area contributed by atoms with Crippen LogP contribution in [0.15, 0.2) is 0 Å². The van der Waals surface area contributed by atoms with Crippen molar-refractivity contribution in [2.24, 2.45) is 17.3 Å². The van der Waals surface area contributed by atoms with Gasteiger partial charge >= 0.3 is 23.9 Å². The number of aliphatic hydroxyl groups excluding tert-OH is 1. The third kappa shape index (κ3) is 31.7. The number of carbonyl (C=O) groups excluding carboxylic acids is 5. The van der Waals surface area contributed by atoms with Crippen molar-refractivity contribution in [2.75, 3.05) is 47.0 Å². The summed E-state index contributed by atoms with van der Waals surface area (Å²) in [4.78, 5) is 67.1. The van der Waals surface area contributed by atoms with Crippen LogP contribution in [0, 0.1) is 17.3 Å². The van der Waals surface area contributed by atoms with E-state index >= 15 is 0 Å². The molecule has 0 aromatic rings. The lowest BCUT2D eigenvalue weighted by molar-refractivity contribution is -0.171. The number of nitrogens with one attached hydrogen (secondary N) is 1. The van der Waals surface area contributed by atoms with Crippen LogP contribution < -0.4 is 5.32 Å². The Labute approximate surface area is 372 Å². The smallest absolute Gasteiger partial charge is 0.309 e. The molecule has 0 bridgehead atoms. The highest BCUT2D eigenvalue weighted by atomic mass is 16.6. The van der Waals surface area contributed by atoms with Crippen LogP contribution in [0.3, 0.4) is 0 Å². The fraction of sp³-hybridized carbons (Fsp3) is 0.898. The van der Waals surface area contributed by atoms with Crippen LogP contribution in [0.4, 0.5) is 0 Å². The molecule has 0 rings (SSSR count). The summed E-state index contributed by atoms with van der Waals surface area (Å²) in [6, 6.07) is 0. The molecule has 2 N–H and O–H groups in total. The SMILES string of the molecule is CCCCCCCCC(CCCCCC)C(=O)OCC(COC(=O)CCNC(=O)[C@H](O)C(C)(C)COC(=O)CCN(C)C)OC(=O)C(CCCCCC)CCCCCCCC. The van der Waals surface area contributed by atoms with Gasteiger partial charge in [-0.15, -0.1) is 0 Å². The highest BCUT2D eigenvalue weighted by molar-refractivity contribution is 5.82. The molecule has 0 spiro atoms. The Balaban J connectivity index is 5.68. The predicted octanol–water partition coefficient (Wildman–Crippen LogP) is 10.0. The van der Waals surface area contributed by atoms with Gasteiger partial charge in [0, 0.05) is 18.5 Å². The molecule has 61 heavy (non-hydrogen) atoms. The van der Waals surface area contributed by atoms with Crippen LogP contribution in [-0.2, 0) is 42.9 Å². The number of unbranched alkanes of at least 4 members (excludes halogenated alkanes) is 16. The minimum Gasteiger partial charge on any atom is -0.465 e. The highest BCUT2D eigenvalue weighted by Crippen LogP contribution is 2.24. The Hall–Kier alpha value is -2.73. The van der Waals surface area contributed by atoms with Gasteiger partial charge in [0.25, 0.3) is 0 Å². The van der Waals surface area contributed by atoms with Crippen molar-refractivity contribution in [1.82, 2.24) is 10.2 Å². The zero-order valence-electron chi connectivity index (χ0n) is 40.3. The molecule has 358 valence electrons. The average molecular weight is 869 g/mol. The lowest BCUT2D eigenvalue weighted by Crippen LogP contribution is -2.46. The fourth-order valence-corrected chi connectivity index (χ4v) is 7.14. The van der Waals surface area contributed by atoms with Crippen LogP contribution in [0.25, 0.3) is 0 Å². The van der Waals surface area contributed by atoms with Crippen LogP contribution in [0.2, 0.25) is 0 Å². The van der Waals surface area contributed by atoms with Crippen molar-refractivity contribution >= 4 is 29.8 Å². The van der Waals surface area contributed by atoms with E-state index in [0.717, 1.165) is 116 Å². The van der Waals surface area contributed by atoms with Crippen molar-refractivity contribution in [1.29, 1.82) is 0 Å². The van der Waals surface area contributed by atoms with Gasteiger partial charge in [0.15, 0.2) is 6.10 Å². The molecule has 0 aromatic heterocycles. The van der Waals surface area contributed by atoms with E-state index in [-0.39, 0.29) is 63.0 Å². The molecule has 1 amide bonds. The number of rotatable bonds is 41. The predicted molar refractivity (Wildman–Crippen MR) is 244 cm³/mol. The molecule has 4 atom stereocenters. The first-order valence-electron chi connectivity index (χ1n) is 24.5. The van der Waals surface area contributed by atoms with Crippen LogP contribution >= 0.6 is 0 Å². The van der Waals surface area contributed by atoms with Gasteiger partial charge in [-0.25, -0.2) is 0 Å². The molecule has 0 heterocycles. The van der Waals surface area contributed by atoms with E-state index in [1.807, 2.05) is 19.0 Å². The van der Waals surface area contributed by atoms with Crippen molar-refractivity contribution in [3.05, 3.63) is 0 Å². The lowest BCUT2D eigenvalue weighted by atomic mass is 9.87. The van der Waals surface area contributed by atoms with E-state index in [9.17, 15) is 29.1 Å². The van der Waals surface area contributed by atoms with Crippen LogP contribution in [0.1, 0.15) is 208 Å². The number of hydrogen-bond acceptors (Lipinski definition) is 11. The minimum absolute atomic E-state index is 0.108. The van der Waals surface area contributed by atoms with E-state index < -0.39 is 35.5 Å². The summed E-state index contributed by atoms with van der Waals surface area (Å²) in [6.07, 6.45) is 22.4. The number of aliphatic hydroxyl groups is 1. The number of nitrogens with zero attached hydrogens (tertiary/aromatic N) is 1. The molecule has 0 aromatic carbocycles. The largest absolute Gasteiger partial charge is 0.465 e. The molecular weight excluding hydrogens is 777 g/mol. The van der Waals surface area contributed by atoms with Gasteiger partial charge in [-0.05, 0) is 39.8 Å². The molecular formula is C49H92N2O10. The Bertz CT molecular complexity index is 1150. The molecule has 0 radical (unpaired) electrons.